The maximum absolute atomic E-state index is 12.4. The molecule has 0 saturated carbocycles. The first-order chi connectivity index (χ1) is 11.7. The molecule has 2 aromatic heterocycles. The van der Waals surface area contributed by atoms with Crippen molar-refractivity contribution in [2.45, 2.75) is 6.42 Å². The third-order valence-corrected chi connectivity index (χ3v) is 4.14. The SMILES string of the molecule is O=c1cc(Cc2ccccc2)nc2cc(-c3ccc(Cl)cc3)[nH]n12. The standard InChI is InChI=1S/C19H14ClN3O/c20-15-8-6-14(7-9-15)17-12-18-21-16(11-19(24)23(18)22-17)10-13-4-2-1-3-5-13/h1-9,11-12,22H,10H2. The average Bonchev–Trinajstić information content (AvgIpc) is 3.01. The molecule has 4 rings (SSSR count). The Morgan fingerprint density at radius 3 is 2.50 bits per heavy atom. The van der Waals surface area contributed by atoms with Gasteiger partial charge in [0.25, 0.3) is 5.56 Å². The molecule has 0 amide bonds. The number of aromatic nitrogens is 3. The minimum atomic E-state index is -0.119. The molecule has 2 heterocycles. The lowest BCUT2D eigenvalue weighted by molar-refractivity contribution is 0.884. The smallest absolute Gasteiger partial charge is 0.272 e. The van der Waals surface area contributed by atoms with Gasteiger partial charge in [0.05, 0.1) is 11.4 Å². The zero-order valence-corrected chi connectivity index (χ0v) is 13.5. The third kappa shape index (κ3) is 2.84. The van der Waals surface area contributed by atoms with Gasteiger partial charge in [-0.05, 0) is 23.3 Å². The lowest BCUT2D eigenvalue weighted by Crippen LogP contribution is -2.15. The number of halogens is 1. The highest BCUT2D eigenvalue weighted by molar-refractivity contribution is 6.30. The molecule has 5 heteroatoms. The Kier molecular flexibility index (Phi) is 3.67. The molecule has 118 valence electrons. The van der Waals surface area contributed by atoms with Gasteiger partial charge >= 0.3 is 0 Å². The molecule has 1 N–H and O–H groups in total. The molecule has 0 atom stereocenters. The fraction of sp³-hybridized carbons (Fsp3) is 0.0526. The fourth-order valence-corrected chi connectivity index (χ4v) is 2.84. The molecule has 0 fully saturated rings. The zero-order valence-electron chi connectivity index (χ0n) is 12.7. The highest BCUT2D eigenvalue weighted by atomic mass is 35.5. The molecule has 0 unspecified atom stereocenters. The number of H-pyrrole nitrogens is 1. The summed E-state index contributed by atoms with van der Waals surface area (Å²) in [5.74, 6) is 0. The summed E-state index contributed by atoms with van der Waals surface area (Å²) in [4.78, 5) is 17.0. The van der Waals surface area contributed by atoms with Gasteiger partial charge < -0.3 is 0 Å². The predicted molar refractivity (Wildman–Crippen MR) is 95.5 cm³/mol. The second kappa shape index (κ2) is 5.98. The van der Waals surface area contributed by atoms with Gasteiger partial charge in [0, 0.05) is 23.6 Å². The first-order valence-corrected chi connectivity index (χ1v) is 7.98. The Hall–Kier alpha value is -2.85. The van der Waals surface area contributed by atoms with Gasteiger partial charge in [0.15, 0.2) is 5.65 Å². The number of nitrogens with zero attached hydrogens (tertiary/aromatic N) is 2. The number of nitrogens with one attached hydrogen (secondary N) is 1. The molecule has 0 aliphatic carbocycles. The van der Waals surface area contributed by atoms with Crippen LogP contribution in [0.3, 0.4) is 0 Å². The Morgan fingerprint density at radius 2 is 1.75 bits per heavy atom. The Labute approximate surface area is 143 Å². The van der Waals surface area contributed by atoms with Crippen LogP contribution in [-0.4, -0.2) is 14.6 Å². The van der Waals surface area contributed by atoms with Gasteiger partial charge in [0.2, 0.25) is 0 Å². The van der Waals surface area contributed by atoms with Crippen molar-refractivity contribution in [3.8, 4) is 11.3 Å². The van der Waals surface area contributed by atoms with E-state index in [1.165, 1.54) is 4.52 Å². The summed E-state index contributed by atoms with van der Waals surface area (Å²) >= 11 is 5.92. The van der Waals surface area contributed by atoms with Gasteiger partial charge in [-0.3, -0.25) is 9.89 Å². The van der Waals surface area contributed by atoms with Crippen LogP contribution in [0.5, 0.6) is 0 Å². The highest BCUT2D eigenvalue weighted by Crippen LogP contribution is 2.21. The van der Waals surface area contributed by atoms with Crippen molar-refractivity contribution >= 4 is 17.2 Å². The maximum Gasteiger partial charge on any atom is 0.272 e. The topological polar surface area (TPSA) is 50.2 Å². The summed E-state index contributed by atoms with van der Waals surface area (Å²) in [6, 6.07) is 20.9. The third-order valence-electron chi connectivity index (χ3n) is 3.89. The summed E-state index contributed by atoms with van der Waals surface area (Å²) in [5.41, 5.74) is 4.15. The van der Waals surface area contributed by atoms with Gasteiger partial charge in [-0.25, -0.2) is 9.50 Å². The van der Waals surface area contributed by atoms with Crippen LogP contribution >= 0.6 is 11.6 Å². The predicted octanol–water partition coefficient (Wildman–Crippen LogP) is 3.93. The second-order valence-electron chi connectivity index (χ2n) is 5.62. The van der Waals surface area contributed by atoms with Crippen LogP contribution in [0, 0.1) is 0 Å². The molecule has 4 aromatic rings. The average molecular weight is 336 g/mol. The lowest BCUT2D eigenvalue weighted by Gasteiger charge is -2.01. The van der Waals surface area contributed by atoms with Crippen LogP contribution in [0.25, 0.3) is 16.9 Å². The second-order valence-corrected chi connectivity index (χ2v) is 6.05. The van der Waals surface area contributed by atoms with Crippen LogP contribution in [-0.2, 0) is 6.42 Å². The van der Waals surface area contributed by atoms with Crippen LogP contribution in [0.1, 0.15) is 11.3 Å². The van der Waals surface area contributed by atoms with Crippen molar-refractivity contribution in [2.24, 2.45) is 0 Å². The molecule has 0 aliphatic heterocycles. The van der Waals surface area contributed by atoms with Crippen LogP contribution in [0.15, 0.2) is 71.5 Å². The van der Waals surface area contributed by atoms with Crippen molar-refractivity contribution in [3.05, 3.63) is 93.4 Å². The quantitative estimate of drug-likeness (QED) is 0.616. The van der Waals surface area contributed by atoms with Crippen LogP contribution < -0.4 is 5.56 Å². The molecule has 2 aromatic carbocycles. The molecule has 0 radical (unpaired) electrons. The van der Waals surface area contributed by atoms with Crippen molar-refractivity contribution in [1.82, 2.24) is 14.6 Å². The van der Waals surface area contributed by atoms with Gasteiger partial charge in [-0.2, -0.15) is 0 Å². The van der Waals surface area contributed by atoms with Crippen molar-refractivity contribution < 1.29 is 0 Å². The van der Waals surface area contributed by atoms with E-state index in [1.807, 2.05) is 60.7 Å². The molecule has 0 saturated heterocycles. The lowest BCUT2D eigenvalue weighted by atomic mass is 10.1. The largest absolute Gasteiger partial charge is 0.289 e. The molecule has 0 spiro atoms. The van der Waals surface area contributed by atoms with Gasteiger partial charge in [0.1, 0.15) is 0 Å². The highest BCUT2D eigenvalue weighted by Gasteiger charge is 2.08. The zero-order chi connectivity index (χ0) is 16.5. The number of fused-ring (bicyclic) bond motifs is 1. The molecule has 24 heavy (non-hydrogen) atoms. The molecule has 0 aliphatic rings. The van der Waals surface area contributed by atoms with E-state index in [0.717, 1.165) is 22.5 Å². The number of hydrogen-bond donors (Lipinski definition) is 1. The maximum atomic E-state index is 12.4. The summed E-state index contributed by atoms with van der Waals surface area (Å²) in [6.07, 6.45) is 0.633. The first-order valence-electron chi connectivity index (χ1n) is 7.60. The first kappa shape index (κ1) is 14.7. The Balaban J connectivity index is 1.75. The van der Waals surface area contributed by atoms with Crippen molar-refractivity contribution in [3.63, 3.8) is 0 Å². The number of benzene rings is 2. The van der Waals surface area contributed by atoms with E-state index >= 15 is 0 Å². The minimum absolute atomic E-state index is 0.119. The normalized spacial score (nSPS) is 11.0. The Bertz CT molecular complexity index is 1050. The summed E-state index contributed by atoms with van der Waals surface area (Å²) in [5, 5.41) is 3.77. The van der Waals surface area contributed by atoms with E-state index in [4.69, 9.17) is 11.6 Å². The van der Waals surface area contributed by atoms with Crippen molar-refractivity contribution in [2.75, 3.05) is 0 Å². The summed E-state index contributed by atoms with van der Waals surface area (Å²) in [6.45, 7) is 0. The van der Waals surface area contributed by atoms with E-state index < -0.39 is 0 Å². The molecule has 4 nitrogen and oxygen atoms in total. The van der Waals surface area contributed by atoms with E-state index in [-0.39, 0.29) is 5.56 Å². The van der Waals surface area contributed by atoms with Gasteiger partial charge in [-0.15, -0.1) is 0 Å². The Morgan fingerprint density at radius 1 is 1.00 bits per heavy atom. The number of rotatable bonds is 3. The van der Waals surface area contributed by atoms with E-state index in [9.17, 15) is 4.79 Å². The number of hydrogen-bond acceptors (Lipinski definition) is 2. The van der Waals surface area contributed by atoms with Crippen molar-refractivity contribution in [1.29, 1.82) is 0 Å². The molecular formula is C19H14ClN3O. The van der Waals surface area contributed by atoms with Gasteiger partial charge in [-0.1, -0.05) is 54.1 Å². The molecule has 0 bridgehead atoms. The summed E-state index contributed by atoms with van der Waals surface area (Å²) < 4.78 is 1.46. The monoisotopic (exact) mass is 335 g/mol. The van der Waals surface area contributed by atoms with Crippen LogP contribution in [0.2, 0.25) is 5.02 Å². The summed E-state index contributed by atoms with van der Waals surface area (Å²) in [7, 11) is 0. The molecular weight excluding hydrogens is 322 g/mol. The fourth-order valence-electron chi connectivity index (χ4n) is 2.71. The van der Waals surface area contributed by atoms with E-state index in [1.54, 1.807) is 6.07 Å². The van der Waals surface area contributed by atoms with E-state index in [0.29, 0.717) is 17.1 Å². The minimum Gasteiger partial charge on any atom is -0.289 e. The van der Waals surface area contributed by atoms with E-state index in [2.05, 4.69) is 10.1 Å². The number of aromatic amines is 1. The van der Waals surface area contributed by atoms with Crippen LogP contribution in [0.4, 0.5) is 0 Å².